The van der Waals surface area contributed by atoms with Crippen LogP contribution >= 0.6 is 0 Å². The van der Waals surface area contributed by atoms with E-state index in [-0.39, 0.29) is 11.3 Å². The Bertz CT molecular complexity index is 486. The summed E-state index contributed by atoms with van der Waals surface area (Å²) in [5, 5.41) is 7.44. The summed E-state index contributed by atoms with van der Waals surface area (Å²) in [6.45, 7) is 7.73. The summed E-state index contributed by atoms with van der Waals surface area (Å²) in [5.41, 5.74) is 7.34. The number of hydrogen-bond donors (Lipinski definition) is 2. The highest BCUT2D eigenvalue weighted by atomic mass is 16.2. The second-order valence-electron chi connectivity index (χ2n) is 6.70. The molecule has 0 aliphatic heterocycles. The van der Waals surface area contributed by atoms with Gasteiger partial charge < -0.3 is 11.1 Å². The zero-order valence-electron chi connectivity index (χ0n) is 13.5. The Morgan fingerprint density at radius 3 is 2.71 bits per heavy atom. The quantitative estimate of drug-likeness (QED) is 0.846. The van der Waals surface area contributed by atoms with Crippen molar-refractivity contribution < 1.29 is 4.79 Å². The SMILES string of the molecule is Cc1c(NC(=O)C2(CN)CCCC2)cnn1CCC(C)C. The van der Waals surface area contributed by atoms with Crippen molar-refractivity contribution in [3.63, 3.8) is 0 Å². The number of amides is 1. The Morgan fingerprint density at radius 2 is 2.14 bits per heavy atom. The van der Waals surface area contributed by atoms with E-state index in [9.17, 15) is 4.79 Å². The van der Waals surface area contributed by atoms with Crippen LogP contribution in [0.2, 0.25) is 0 Å². The van der Waals surface area contributed by atoms with Crippen molar-refractivity contribution in [3.05, 3.63) is 11.9 Å². The first-order valence-electron chi connectivity index (χ1n) is 8.02. The molecule has 1 aliphatic rings. The second-order valence-corrected chi connectivity index (χ2v) is 6.70. The molecular formula is C16H28N4O. The highest BCUT2D eigenvalue weighted by molar-refractivity contribution is 5.96. The number of nitrogens with zero attached hydrogens (tertiary/aromatic N) is 2. The lowest BCUT2D eigenvalue weighted by molar-refractivity contribution is -0.124. The molecule has 0 aromatic carbocycles. The van der Waals surface area contributed by atoms with Gasteiger partial charge in [0.25, 0.3) is 0 Å². The van der Waals surface area contributed by atoms with Crippen LogP contribution in [-0.2, 0) is 11.3 Å². The molecule has 0 radical (unpaired) electrons. The Hall–Kier alpha value is -1.36. The third kappa shape index (κ3) is 3.46. The van der Waals surface area contributed by atoms with Crippen molar-refractivity contribution in [1.82, 2.24) is 9.78 Å². The van der Waals surface area contributed by atoms with Crippen LogP contribution in [0.15, 0.2) is 6.20 Å². The first kappa shape index (κ1) is 16.0. The molecule has 3 N–H and O–H groups in total. The maximum atomic E-state index is 12.6. The second kappa shape index (κ2) is 6.60. The average Bonchev–Trinajstić information content (AvgIpc) is 3.06. The van der Waals surface area contributed by atoms with Crippen LogP contribution in [0.5, 0.6) is 0 Å². The minimum absolute atomic E-state index is 0.0639. The molecule has 1 fully saturated rings. The number of anilines is 1. The highest BCUT2D eigenvalue weighted by Crippen LogP contribution is 2.38. The van der Waals surface area contributed by atoms with E-state index >= 15 is 0 Å². The van der Waals surface area contributed by atoms with Crippen LogP contribution in [-0.4, -0.2) is 22.2 Å². The van der Waals surface area contributed by atoms with Gasteiger partial charge in [-0.05, 0) is 32.1 Å². The molecule has 0 saturated heterocycles. The number of rotatable bonds is 6. The van der Waals surface area contributed by atoms with Gasteiger partial charge in [-0.2, -0.15) is 5.10 Å². The fourth-order valence-electron chi connectivity index (χ4n) is 3.01. The van der Waals surface area contributed by atoms with Gasteiger partial charge in [-0.15, -0.1) is 0 Å². The van der Waals surface area contributed by atoms with Crippen molar-refractivity contribution in [2.75, 3.05) is 11.9 Å². The Labute approximate surface area is 127 Å². The van der Waals surface area contributed by atoms with Crippen LogP contribution in [0.1, 0.15) is 51.6 Å². The molecule has 1 saturated carbocycles. The maximum Gasteiger partial charge on any atom is 0.231 e. The van der Waals surface area contributed by atoms with Crippen molar-refractivity contribution in [3.8, 4) is 0 Å². The first-order chi connectivity index (χ1) is 9.98. The molecule has 5 nitrogen and oxygen atoms in total. The molecule has 1 heterocycles. The number of hydrogen-bond acceptors (Lipinski definition) is 3. The standard InChI is InChI=1S/C16H28N4O/c1-12(2)6-9-20-13(3)14(10-18-20)19-15(21)16(11-17)7-4-5-8-16/h10,12H,4-9,11,17H2,1-3H3,(H,19,21). The Morgan fingerprint density at radius 1 is 1.48 bits per heavy atom. The van der Waals surface area contributed by atoms with Gasteiger partial charge in [0.05, 0.1) is 23.0 Å². The normalized spacial score (nSPS) is 17.4. The van der Waals surface area contributed by atoms with Crippen molar-refractivity contribution in [1.29, 1.82) is 0 Å². The third-order valence-corrected chi connectivity index (χ3v) is 4.70. The number of nitrogens with two attached hydrogens (primary N) is 1. The van der Waals surface area contributed by atoms with E-state index in [1.54, 1.807) is 6.20 Å². The third-order valence-electron chi connectivity index (χ3n) is 4.70. The van der Waals surface area contributed by atoms with E-state index in [0.717, 1.165) is 50.0 Å². The van der Waals surface area contributed by atoms with Crippen molar-refractivity contribution in [2.45, 2.75) is 59.4 Å². The number of nitrogens with one attached hydrogen (secondary N) is 1. The molecule has 118 valence electrons. The van der Waals surface area contributed by atoms with Gasteiger partial charge >= 0.3 is 0 Å². The Balaban J connectivity index is 2.04. The van der Waals surface area contributed by atoms with E-state index in [1.807, 2.05) is 11.6 Å². The zero-order chi connectivity index (χ0) is 15.5. The van der Waals surface area contributed by atoms with E-state index < -0.39 is 0 Å². The van der Waals surface area contributed by atoms with Gasteiger partial charge in [0.15, 0.2) is 0 Å². The smallest absolute Gasteiger partial charge is 0.231 e. The predicted octanol–water partition coefficient (Wildman–Crippen LogP) is 2.70. The van der Waals surface area contributed by atoms with Crippen molar-refractivity contribution in [2.24, 2.45) is 17.1 Å². The summed E-state index contributed by atoms with van der Waals surface area (Å²) in [6.07, 6.45) is 6.83. The topological polar surface area (TPSA) is 72.9 Å². The molecule has 0 atom stereocenters. The van der Waals surface area contributed by atoms with Crippen LogP contribution in [0, 0.1) is 18.3 Å². The zero-order valence-corrected chi connectivity index (χ0v) is 13.5. The molecule has 2 rings (SSSR count). The number of carbonyl (C=O) groups is 1. The molecule has 0 spiro atoms. The lowest BCUT2D eigenvalue weighted by Crippen LogP contribution is -2.40. The van der Waals surface area contributed by atoms with Crippen LogP contribution in [0.3, 0.4) is 0 Å². The van der Waals surface area contributed by atoms with E-state index in [0.29, 0.717) is 12.5 Å². The number of aryl methyl sites for hydroxylation is 1. The fraction of sp³-hybridized carbons (Fsp3) is 0.750. The monoisotopic (exact) mass is 292 g/mol. The van der Waals surface area contributed by atoms with E-state index in [2.05, 4.69) is 24.3 Å². The Kier molecular flexibility index (Phi) is 5.04. The summed E-state index contributed by atoms with van der Waals surface area (Å²) in [7, 11) is 0. The van der Waals surface area contributed by atoms with Gasteiger partial charge in [-0.3, -0.25) is 9.48 Å². The lowest BCUT2D eigenvalue weighted by atomic mass is 9.85. The highest BCUT2D eigenvalue weighted by Gasteiger charge is 2.40. The summed E-state index contributed by atoms with van der Waals surface area (Å²) in [6, 6.07) is 0. The maximum absolute atomic E-state index is 12.6. The molecule has 0 unspecified atom stereocenters. The largest absolute Gasteiger partial charge is 0.329 e. The minimum atomic E-state index is -0.369. The summed E-state index contributed by atoms with van der Waals surface area (Å²) in [4.78, 5) is 12.6. The van der Waals surface area contributed by atoms with Crippen LogP contribution in [0.4, 0.5) is 5.69 Å². The summed E-state index contributed by atoms with van der Waals surface area (Å²) >= 11 is 0. The molecule has 1 aliphatic carbocycles. The van der Waals surface area contributed by atoms with Gasteiger partial charge in [-0.1, -0.05) is 26.7 Å². The first-order valence-corrected chi connectivity index (χ1v) is 8.02. The number of carbonyl (C=O) groups excluding carboxylic acids is 1. The fourth-order valence-corrected chi connectivity index (χ4v) is 3.01. The molecule has 0 bridgehead atoms. The molecule has 1 aromatic heterocycles. The molecule has 5 heteroatoms. The van der Waals surface area contributed by atoms with Gasteiger partial charge in [0.2, 0.25) is 5.91 Å². The number of aromatic nitrogens is 2. The average molecular weight is 292 g/mol. The molecule has 21 heavy (non-hydrogen) atoms. The molecule has 1 aromatic rings. The summed E-state index contributed by atoms with van der Waals surface area (Å²) in [5.74, 6) is 0.708. The molecular weight excluding hydrogens is 264 g/mol. The lowest BCUT2D eigenvalue weighted by Gasteiger charge is -2.25. The predicted molar refractivity (Wildman–Crippen MR) is 85.0 cm³/mol. The van der Waals surface area contributed by atoms with E-state index in [1.165, 1.54) is 0 Å². The summed E-state index contributed by atoms with van der Waals surface area (Å²) < 4.78 is 1.97. The minimum Gasteiger partial charge on any atom is -0.329 e. The van der Waals surface area contributed by atoms with E-state index in [4.69, 9.17) is 5.73 Å². The van der Waals surface area contributed by atoms with Crippen molar-refractivity contribution >= 4 is 11.6 Å². The van der Waals surface area contributed by atoms with Gasteiger partial charge in [-0.25, -0.2) is 0 Å². The van der Waals surface area contributed by atoms with Crippen LogP contribution in [0.25, 0.3) is 0 Å². The van der Waals surface area contributed by atoms with Crippen LogP contribution < -0.4 is 11.1 Å². The van der Waals surface area contributed by atoms with Gasteiger partial charge in [0, 0.05) is 13.1 Å². The molecule has 1 amide bonds. The van der Waals surface area contributed by atoms with Gasteiger partial charge in [0.1, 0.15) is 0 Å².